The average Bonchev–Trinajstić information content (AvgIpc) is 2.93. The molecule has 0 spiro atoms. The minimum absolute atomic E-state index is 0.673. The van der Waals surface area contributed by atoms with E-state index in [0.29, 0.717) is 13.2 Å². The van der Waals surface area contributed by atoms with Crippen molar-refractivity contribution in [2.75, 3.05) is 20.3 Å². The standard InChI is InChI=1S/C11H15N3O2S/c1-8-11(17-7-14-8)10-9(13-6-16-10)5-12-3-4-15-2/h6-7,12H,3-5H2,1-2H3. The molecule has 0 aliphatic rings. The Hall–Kier alpha value is -1.24. The predicted molar refractivity (Wildman–Crippen MR) is 65.9 cm³/mol. The molecule has 5 nitrogen and oxygen atoms in total. The highest BCUT2D eigenvalue weighted by atomic mass is 32.1. The highest BCUT2D eigenvalue weighted by molar-refractivity contribution is 7.13. The number of rotatable bonds is 6. The van der Waals surface area contributed by atoms with Gasteiger partial charge in [-0.3, -0.25) is 0 Å². The lowest BCUT2D eigenvalue weighted by Crippen LogP contribution is -2.19. The molecule has 0 radical (unpaired) electrons. The van der Waals surface area contributed by atoms with Crippen molar-refractivity contribution in [2.24, 2.45) is 0 Å². The Bertz CT molecular complexity index is 467. The second-order valence-corrected chi connectivity index (χ2v) is 4.42. The van der Waals surface area contributed by atoms with Crippen molar-refractivity contribution in [1.82, 2.24) is 15.3 Å². The Morgan fingerprint density at radius 2 is 2.35 bits per heavy atom. The van der Waals surface area contributed by atoms with Crippen molar-refractivity contribution in [3.8, 4) is 10.6 Å². The Morgan fingerprint density at radius 3 is 3.06 bits per heavy atom. The maximum absolute atomic E-state index is 5.43. The van der Waals surface area contributed by atoms with Gasteiger partial charge in [0, 0.05) is 20.2 Å². The largest absolute Gasteiger partial charge is 0.442 e. The van der Waals surface area contributed by atoms with Gasteiger partial charge in [0.25, 0.3) is 0 Å². The normalized spacial score (nSPS) is 10.9. The fraction of sp³-hybridized carbons (Fsp3) is 0.455. The number of methoxy groups -OCH3 is 1. The summed E-state index contributed by atoms with van der Waals surface area (Å²) < 4.78 is 10.4. The van der Waals surface area contributed by atoms with Crippen LogP contribution in [0.5, 0.6) is 0 Å². The van der Waals surface area contributed by atoms with E-state index in [4.69, 9.17) is 9.15 Å². The van der Waals surface area contributed by atoms with Gasteiger partial charge in [-0.05, 0) is 6.92 Å². The third-order valence-corrected chi connectivity index (χ3v) is 3.30. The topological polar surface area (TPSA) is 60.2 Å². The summed E-state index contributed by atoms with van der Waals surface area (Å²) >= 11 is 1.57. The Morgan fingerprint density at radius 1 is 1.47 bits per heavy atom. The molecular formula is C11H15N3O2S. The van der Waals surface area contributed by atoms with Crippen molar-refractivity contribution in [3.63, 3.8) is 0 Å². The van der Waals surface area contributed by atoms with Crippen LogP contribution >= 0.6 is 11.3 Å². The molecule has 0 atom stereocenters. The van der Waals surface area contributed by atoms with E-state index in [0.717, 1.165) is 28.6 Å². The second kappa shape index (κ2) is 5.90. The molecule has 17 heavy (non-hydrogen) atoms. The zero-order valence-corrected chi connectivity index (χ0v) is 10.7. The predicted octanol–water partition coefficient (Wildman–Crippen LogP) is 1.84. The summed E-state index contributed by atoms with van der Waals surface area (Å²) in [6.45, 7) is 4.13. The molecule has 0 aliphatic carbocycles. The Balaban J connectivity index is 2.05. The van der Waals surface area contributed by atoms with Crippen molar-refractivity contribution < 1.29 is 9.15 Å². The van der Waals surface area contributed by atoms with E-state index < -0.39 is 0 Å². The first-order valence-corrected chi connectivity index (χ1v) is 6.23. The van der Waals surface area contributed by atoms with Gasteiger partial charge >= 0.3 is 0 Å². The number of aryl methyl sites for hydroxylation is 1. The van der Waals surface area contributed by atoms with E-state index in [-0.39, 0.29) is 0 Å². The van der Waals surface area contributed by atoms with Crippen LogP contribution in [-0.4, -0.2) is 30.2 Å². The molecule has 2 rings (SSSR count). The lowest BCUT2D eigenvalue weighted by molar-refractivity contribution is 0.199. The van der Waals surface area contributed by atoms with E-state index in [1.54, 1.807) is 18.4 Å². The van der Waals surface area contributed by atoms with Crippen LogP contribution in [0, 0.1) is 6.92 Å². The van der Waals surface area contributed by atoms with Crippen LogP contribution in [0.15, 0.2) is 16.3 Å². The number of ether oxygens (including phenoxy) is 1. The molecule has 6 heteroatoms. The van der Waals surface area contributed by atoms with E-state index in [2.05, 4.69) is 15.3 Å². The molecule has 2 heterocycles. The number of hydrogen-bond acceptors (Lipinski definition) is 6. The fourth-order valence-electron chi connectivity index (χ4n) is 1.48. The van der Waals surface area contributed by atoms with E-state index in [1.807, 2.05) is 12.4 Å². The number of aromatic nitrogens is 2. The summed E-state index contributed by atoms with van der Waals surface area (Å²) in [5.41, 5.74) is 3.70. The molecule has 2 aromatic heterocycles. The molecule has 92 valence electrons. The quantitative estimate of drug-likeness (QED) is 0.796. The van der Waals surface area contributed by atoms with Crippen molar-refractivity contribution >= 4 is 11.3 Å². The summed E-state index contributed by atoms with van der Waals surface area (Å²) in [4.78, 5) is 9.48. The van der Waals surface area contributed by atoms with Crippen molar-refractivity contribution in [1.29, 1.82) is 0 Å². The summed E-state index contributed by atoms with van der Waals surface area (Å²) in [5, 5.41) is 3.25. The van der Waals surface area contributed by atoms with Crippen molar-refractivity contribution in [2.45, 2.75) is 13.5 Å². The third-order valence-electron chi connectivity index (χ3n) is 2.37. The lowest BCUT2D eigenvalue weighted by atomic mass is 10.2. The van der Waals surface area contributed by atoms with Gasteiger partial charge in [0.1, 0.15) is 5.69 Å². The summed E-state index contributed by atoms with van der Waals surface area (Å²) in [6.07, 6.45) is 1.47. The zero-order valence-electron chi connectivity index (χ0n) is 9.90. The minimum atomic E-state index is 0.673. The van der Waals surface area contributed by atoms with Gasteiger partial charge in [-0.15, -0.1) is 11.3 Å². The molecular weight excluding hydrogens is 238 g/mol. The van der Waals surface area contributed by atoms with E-state index in [9.17, 15) is 0 Å². The molecule has 1 N–H and O–H groups in total. The van der Waals surface area contributed by atoms with Gasteiger partial charge in [-0.25, -0.2) is 9.97 Å². The van der Waals surface area contributed by atoms with Gasteiger partial charge in [0.2, 0.25) is 0 Å². The smallest absolute Gasteiger partial charge is 0.181 e. The zero-order chi connectivity index (χ0) is 12.1. The van der Waals surface area contributed by atoms with Crippen LogP contribution in [0.2, 0.25) is 0 Å². The molecule has 0 aromatic carbocycles. The van der Waals surface area contributed by atoms with E-state index >= 15 is 0 Å². The lowest BCUT2D eigenvalue weighted by Gasteiger charge is -2.02. The maximum Gasteiger partial charge on any atom is 0.181 e. The molecule has 2 aromatic rings. The number of nitrogens with zero attached hydrogens (tertiary/aromatic N) is 2. The van der Waals surface area contributed by atoms with Gasteiger partial charge in [0.05, 0.1) is 22.7 Å². The molecule has 0 fully saturated rings. The molecule has 0 saturated carbocycles. The maximum atomic E-state index is 5.43. The highest BCUT2D eigenvalue weighted by Gasteiger charge is 2.14. The van der Waals surface area contributed by atoms with Crippen LogP contribution < -0.4 is 5.32 Å². The van der Waals surface area contributed by atoms with Crippen LogP contribution in [0.25, 0.3) is 10.6 Å². The van der Waals surface area contributed by atoms with Gasteiger partial charge in [-0.2, -0.15) is 0 Å². The number of hydrogen-bond donors (Lipinski definition) is 1. The average molecular weight is 253 g/mol. The van der Waals surface area contributed by atoms with Crippen LogP contribution in [0.4, 0.5) is 0 Å². The van der Waals surface area contributed by atoms with Gasteiger partial charge in [0.15, 0.2) is 12.2 Å². The second-order valence-electron chi connectivity index (χ2n) is 3.56. The van der Waals surface area contributed by atoms with Crippen LogP contribution in [0.1, 0.15) is 11.4 Å². The number of oxazole rings is 1. The first-order valence-electron chi connectivity index (χ1n) is 5.35. The molecule has 0 bridgehead atoms. The fourth-order valence-corrected chi connectivity index (χ4v) is 2.29. The summed E-state index contributed by atoms with van der Waals surface area (Å²) in [5.74, 6) is 0.815. The molecule has 0 aliphatic heterocycles. The van der Waals surface area contributed by atoms with Gasteiger partial charge < -0.3 is 14.5 Å². The SMILES string of the molecule is COCCNCc1ncoc1-c1scnc1C. The number of thiazole rings is 1. The summed E-state index contributed by atoms with van der Waals surface area (Å²) in [6, 6.07) is 0. The number of nitrogens with one attached hydrogen (secondary N) is 1. The van der Waals surface area contributed by atoms with Crippen molar-refractivity contribution in [3.05, 3.63) is 23.3 Å². The Labute approximate surface area is 104 Å². The first kappa shape index (κ1) is 12.2. The first-order chi connectivity index (χ1) is 8.33. The third kappa shape index (κ3) is 2.91. The van der Waals surface area contributed by atoms with Crippen LogP contribution in [0.3, 0.4) is 0 Å². The minimum Gasteiger partial charge on any atom is -0.442 e. The van der Waals surface area contributed by atoms with Crippen LogP contribution in [-0.2, 0) is 11.3 Å². The summed E-state index contributed by atoms with van der Waals surface area (Å²) in [7, 11) is 1.68. The van der Waals surface area contributed by atoms with E-state index in [1.165, 1.54) is 6.39 Å². The molecule has 0 amide bonds. The monoisotopic (exact) mass is 253 g/mol. The molecule has 0 unspecified atom stereocenters. The molecule has 0 saturated heterocycles. The Kier molecular flexibility index (Phi) is 4.24. The van der Waals surface area contributed by atoms with Gasteiger partial charge in [-0.1, -0.05) is 0 Å². The highest BCUT2D eigenvalue weighted by Crippen LogP contribution is 2.29.